The average molecular weight is 271 g/mol. The van der Waals surface area contributed by atoms with Crippen LogP contribution in [-0.4, -0.2) is 33.0 Å². The second-order valence-corrected chi connectivity index (χ2v) is 6.27. The third-order valence-corrected chi connectivity index (χ3v) is 4.18. The Bertz CT molecular complexity index is 493. The summed E-state index contributed by atoms with van der Waals surface area (Å²) in [4.78, 5) is 10.9. The van der Waals surface area contributed by atoms with Crippen molar-refractivity contribution in [1.82, 2.24) is 0 Å². The van der Waals surface area contributed by atoms with E-state index in [0.29, 0.717) is 12.1 Å². The molecule has 0 bridgehead atoms. The van der Waals surface area contributed by atoms with Gasteiger partial charge in [-0.2, -0.15) is 0 Å². The fraction of sp³-hybridized carbons (Fsp3) is 0.417. The Hall–Kier alpha value is -1.56. The molecule has 0 aromatic heterocycles. The van der Waals surface area contributed by atoms with Crippen molar-refractivity contribution in [1.29, 1.82) is 0 Å². The highest BCUT2D eigenvalue weighted by Crippen LogP contribution is 2.08. The lowest BCUT2D eigenvalue weighted by Gasteiger charge is -2.04. The van der Waals surface area contributed by atoms with E-state index < -0.39 is 15.8 Å². The number of aryl methyl sites for hydroxylation is 1. The number of nitrogen functional groups attached to an aromatic ring is 1. The summed E-state index contributed by atoms with van der Waals surface area (Å²) < 4.78 is 27.7. The number of nitrogens with two attached hydrogens (primary N) is 1. The summed E-state index contributed by atoms with van der Waals surface area (Å²) in [6, 6.07) is 7.06. The van der Waals surface area contributed by atoms with Crippen LogP contribution < -0.4 is 5.73 Å². The molecule has 0 aliphatic heterocycles. The highest BCUT2D eigenvalue weighted by molar-refractivity contribution is 7.91. The topological polar surface area (TPSA) is 86.5 Å². The Morgan fingerprint density at radius 1 is 1.22 bits per heavy atom. The first-order valence-corrected chi connectivity index (χ1v) is 7.37. The highest BCUT2D eigenvalue weighted by atomic mass is 32.2. The molecule has 0 aliphatic carbocycles. The molecule has 0 atom stereocenters. The summed E-state index contributed by atoms with van der Waals surface area (Å²) in [6.45, 7) is 0. The van der Waals surface area contributed by atoms with E-state index in [9.17, 15) is 13.2 Å². The first-order chi connectivity index (χ1) is 8.43. The lowest BCUT2D eigenvalue weighted by molar-refractivity contribution is -0.140. The molecule has 0 spiro atoms. The van der Waals surface area contributed by atoms with Crippen molar-refractivity contribution in [2.75, 3.05) is 24.3 Å². The largest absolute Gasteiger partial charge is 0.469 e. The van der Waals surface area contributed by atoms with Crippen LogP contribution in [-0.2, 0) is 25.8 Å². The van der Waals surface area contributed by atoms with E-state index in [2.05, 4.69) is 4.74 Å². The summed E-state index contributed by atoms with van der Waals surface area (Å²) in [7, 11) is -1.99. The number of carbonyl (C=O) groups is 1. The molecule has 1 rings (SSSR count). The van der Waals surface area contributed by atoms with Gasteiger partial charge >= 0.3 is 5.97 Å². The maximum absolute atomic E-state index is 11.7. The predicted octanol–water partition coefficient (Wildman–Crippen LogP) is 0.789. The van der Waals surface area contributed by atoms with Crippen molar-refractivity contribution in [3.63, 3.8) is 0 Å². The summed E-state index contributed by atoms with van der Waals surface area (Å²) in [5.41, 5.74) is 7.09. The van der Waals surface area contributed by atoms with Gasteiger partial charge < -0.3 is 10.5 Å². The SMILES string of the molecule is COC(=O)CCS(=O)(=O)CCc1ccc(N)cc1. The molecule has 0 heterocycles. The number of sulfone groups is 1. The van der Waals surface area contributed by atoms with Crippen molar-refractivity contribution >= 4 is 21.5 Å². The van der Waals surface area contributed by atoms with Gasteiger partial charge in [0, 0.05) is 5.69 Å². The number of hydrogen-bond acceptors (Lipinski definition) is 5. The molecule has 0 saturated carbocycles. The van der Waals surface area contributed by atoms with Crippen LogP contribution in [0, 0.1) is 0 Å². The van der Waals surface area contributed by atoms with Gasteiger partial charge in [0.2, 0.25) is 0 Å². The van der Waals surface area contributed by atoms with Crippen LogP contribution in [0.25, 0.3) is 0 Å². The van der Waals surface area contributed by atoms with E-state index in [0.717, 1.165) is 5.56 Å². The lowest BCUT2D eigenvalue weighted by Crippen LogP contribution is -2.16. The predicted molar refractivity (Wildman–Crippen MR) is 69.8 cm³/mol. The van der Waals surface area contributed by atoms with Gasteiger partial charge in [-0.25, -0.2) is 8.42 Å². The number of rotatable bonds is 6. The molecule has 5 nitrogen and oxygen atoms in total. The summed E-state index contributed by atoms with van der Waals surface area (Å²) in [6.07, 6.45) is 0.324. The number of benzene rings is 1. The zero-order chi connectivity index (χ0) is 13.6. The summed E-state index contributed by atoms with van der Waals surface area (Å²) in [5.74, 6) is -0.659. The second kappa shape index (κ2) is 6.39. The number of ether oxygens (including phenoxy) is 1. The molecule has 0 radical (unpaired) electrons. The van der Waals surface area contributed by atoms with E-state index in [1.54, 1.807) is 24.3 Å². The Balaban J connectivity index is 2.46. The number of carbonyl (C=O) groups excluding carboxylic acids is 1. The van der Waals surface area contributed by atoms with Gasteiger partial charge in [-0.15, -0.1) is 0 Å². The molecule has 0 aliphatic rings. The molecule has 6 heteroatoms. The molecule has 0 fully saturated rings. The Morgan fingerprint density at radius 3 is 2.39 bits per heavy atom. The van der Waals surface area contributed by atoms with Crippen LogP contribution in [0.5, 0.6) is 0 Å². The normalized spacial score (nSPS) is 11.2. The van der Waals surface area contributed by atoms with Crippen molar-refractivity contribution in [3.05, 3.63) is 29.8 Å². The standard InChI is InChI=1S/C12H17NO4S/c1-17-12(14)7-9-18(15,16)8-6-10-2-4-11(13)5-3-10/h2-5H,6-9,13H2,1H3. The maximum atomic E-state index is 11.7. The molecular formula is C12H17NO4S. The lowest BCUT2D eigenvalue weighted by atomic mass is 10.2. The smallest absolute Gasteiger partial charge is 0.306 e. The van der Waals surface area contributed by atoms with E-state index in [1.165, 1.54) is 7.11 Å². The molecule has 18 heavy (non-hydrogen) atoms. The maximum Gasteiger partial charge on any atom is 0.306 e. The molecule has 2 N–H and O–H groups in total. The minimum absolute atomic E-state index is 0.0217. The van der Waals surface area contributed by atoms with Crippen LogP contribution in [0.2, 0.25) is 0 Å². The second-order valence-electron chi connectivity index (χ2n) is 3.97. The molecule has 0 amide bonds. The summed E-state index contributed by atoms with van der Waals surface area (Å²) in [5, 5.41) is 0. The van der Waals surface area contributed by atoms with Gasteiger partial charge in [-0.3, -0.25) is 4.79 Å². The van der Waals surface area contributed by atoms with Crippen LogP contribution in [0.4, 0.5) is 5.69 Å². The minimum atomic E-state index is -3.23. The van der Waals surface area contributed by atoms with Gasteiger partial charge in [-0.1, -0.05) is 12.1 Å². The van der Waals surface area contributed by atoms with Crippen molar-refractivity contribution in [2.45, 2.75) is 12.8 Å². The molecule has 1 aromatic rings. The zero-order valence-corrected chi connectivity index (χ0v) is 11.1. The molecule has 1 aromatic carbocycles. The monoisotopic (exact) mass is 271 g/mol. The number of esters is 1. The fourth-order valence-electron chi connectivity index (χ4n) is 1.40. The van der Waals surface area contributed by atoms with Crippen LogP contribution in [0.3, 0.4) is 0 Å². The van der Waals surface area contributed by atoms with Crippen LogP contribution in [0.1, 0.15) is 12.0 Å². The van der Waals surface area contributed by atoms with Crippen molar-refractivity contribution in [2.24, 2.45) is 0 Å². The summed E-state index contributed by atoms with van der Waals surface area (Å²) >= 11 is 0. The van der Waals surface area contributed by atoms with Gasteiger partial charge in [-0.05, 0) is 24.1 Å². The van der Waals surface area contributed by atoms with Crippen molar-refractivity contribution < 1.29 is 17.9 Å². The first-order valence-electron chi connectivity index (χ1n) is 5.54. The van der Waals surface area contributed by atoms with E-state index in [-0.39, 0.29) is 17.9 Å². The van der Waals surface area contributed by atoms with Crippen molar-refractivity contribution in [3.8, 4) is 0 Å². The molecular weight excluding hydrogens is 254 g/mol. The average Bonchev–Trinajstić information content (AvgIpc) is 2.35. The van der Waals surface area contributed by atoms with E-state index >= 15 is 0 Å². The van der Waals surface area contributed by atoms with Gasteiger partial charge in [0.1, 0.15) is 0 Å². The quantitative estimate of drug-likeness (QED) is 0.610. The third kappa shape index (κ3) is 5.18. The van der Waals surface area contributed by atoms with Crippen LogP contribution in [0.15, 0.2) is 24.3 Å². The minimum Gasteiger partial charge on any atom is -0.469 e. The van der Waals surface area contributed by atoms with E-state index in [1.807, 2.05) is 0 Å². The third-order valence-electron chi connectivity index (χ3n) is 2.53. The fourth-order valence-corrected chi connectivity index (χ4v) is 2.63. The zero-order valence-electron chi connectivity index (χ0n) is 10.3. The van der Waals surface area contributed by atoms with Gasteiger partial charge in [0.05, 0.1) is 25.0 Å². The number of anilines is 1. The van der Waals surface area contributed by atoms with Crippen LogP contribution >= 0.6 is 0 Å². The number of methoxy groups -OCH3 is 1. The Labute approximate surface area is 107 Å². The van der Waals surface area contributed by atoms with E-state index in [4.69, 9.17) is 5.73 Å². The van der Waals surface area contributed by atoms with Gasteiger partial charge in [0.15, 0.2) is 9.84 Å². The Morgan fingerprint density at radius 2 is 1.83 bits per heavy atom. The number of hydrogen-bond donors (Lipinski definition) is 1. The molecule has 0 saturated heterocycles. The van der Waals surface area contributed by atoms with Gasteiger partial charge in [0.25, 0.3) is 0 Å². The highest BCUT2D eigenvalue weighted by Gasteiger charge is 2.13. The first kappa shape index (κ1) is 14.5. The Kier molecular flexibility index (Phi) is 5.15. The molecule has 100 valence electrons. The molecule has 0 unspecified atom stereocenters.